The molecular weight excluding hydrogens is 353 g/mol. The van der Waals surface area contributed by atoms with Crippen LogP contribution in [0, 0.1) is 12.7 Å². The van der Waals surface area contributed by atoms with Gasteiger partial charge in [-0.1, -0.05) is 54.1 Å². The summed E-state index contributed by atoms with van der Waals surface area (Å²) in [6, 6.07) is 20.2. The van der Waals surface area contributed by atoms with Gasteiger partial charge in [-0.15, -0.1) is 0 Å². The Morgan fingerprint density at radius 1 is 1.07 bits per heavy atom. The van der Waals surface area contributed by atoms with Crippen LogP contribution in [0.3, 0.4) is 0 Å². The Morgan fingerprint density at radius 3 is 2.64 bits per heavy atom. The SMILES string of the molecule is Cc1ccc(Cn2ncc3ccc(C(=O)NCc4ccccc4F)cc32)cc1. The van der Waals surface area contributed by atoms with Gasteiger partial charge in [0.2, 0.25) is 0 Å². The van der Waals surface area contributed by atoms with Gasteiger partial charge in [0.25, 0.3) is 5.91 Å². The molecule has 1 aromatic heterocycles. The van der Waals surface area contributed by atoms with Gasteiger partial charge in [0.1, 0.15) is 5.82 Å². The van der Waals surface area contributed by atoms with Crippen molar-refractivity contribution in [3.63, 3.8) is 0 Å². The average Bonchev–Trinajstić information content (AvgIpc) is 3.11. The molecule has 0 atom stereocenters. The molecule has 0 bridgehead atoms. The van der Waals surface area contributed by atoms with Crippen LogP contribution in [0.5, 0.6) is 0 Å². The molecule has 3 aromatic carbocycles. The Labute approximate surface area is 162 Å². The Kier molecular flexibility index (Phi) is 4.89. The molecule has 1 N–H and O–H groups in total. The van der Waals surface area contributed by atoms with Crippen molar-refractivity contribution in [1.29, 1.82) is 0 Å². The predicted molar refractivity (Wildman–Crippen MR) is 108 cm³/mol. The number of benzene rings is 3. The lowest BCUT2D eigenvalue weighted by Gasteiger charge is -2.08. The van der Waals surface area contributed by atoms with Gasteiger partial charge in [0, 0.05) is 23.1 Å². The van der Waals surface area contributed by atoms with Gasteiger partial charge >= 0.3 is 0 Å². The van der Waals surface area contributed by atoms with Crippen LogP contribution in [0.1, 0.15) is 27.0 Å². The summed E-state index contributed by atoms with van der Waals surface area (Å²) >= 11 is 0. The van der Waals surface area contributed by atoms with Crippen LogP contribution in [-0.4, -0.2) is 15.7 Å². The third kappa shape index (κ3) is 3.78. The highest BCUT2D eigenvalue weighted by atomic mass is 19.1. The lowest BCUT2D eigenvalue weighted by molar-refractivity contribution is 0.0950. The molecule has 4 rings (SSSR count). The number of aryl methyl sites for hydroxylation is 1. The van der Waals surface area contributed by atoms with Gasteiger partial charge < -0.3 is 5.32 Å². The number of aromatic nitrogens is 2. The number of hydrogen-bond acceptors (Lipinski definition) is 2. The number of fused-ring (bicyclic) bond motifs is 1. The van der Waals surface area contributed by atoms with Gasteiger partial charge in [0.05, 0.1) is 18.3 Å². The predicted octanol–water partition coefficient (Wildman–Crippen LogP) is 4.46. The first kappa shape index (κ1) is 17.9. The molecule has 0 spiro atoms. The van der Waals surface area contributed by atoms with E-state index in [0.29, 0.717) is 17.7 Å². The number of amides is 1. The fraction of sp³-hybridized carbons (Fsp3) is 0.130. The van der Waals surface area contributed by atoms with Crippen molar-refractivity contribution in [2.75, 3.05) is 0 Å². The van der Waals surface area contributed by atoms with Crippen molar-refractivity contribution in [2.45, 2.75) is 20.0 Å². The van der Waals surface area contributed by atoms with Crippen molar-refractivity contribution in [3.8, 4) is 0 Å². The van der Waals surface area contributed by atoms with E-state index in [1.165, 1.54) is 11.6 Å². The van der Waals surface area contributed by atoms with Gasteiger partial charge in [-0.05, 0) is 30.7 Å². The standard InChI is InChI=1S/C23H20FN3O/c1-16-6-8-17(9-7-16)15-27-22-12-18(10-11-20(22)14-26-27)23(28)25-13-19-4-2-3-5-21(19)24/h2-12,14H,13,15H2,1H3,(H,25,28). The molecule has 0 unspecified atom stereocenters. The second-order valence-electron chi connectivity index (χ2n) is 6.84. The third-order valence-electron chi connectivity index (χ3n) is 4.76. The van der Waals surface area contributed by atoms with Crippen LogP contribution in [0.25, 0.3) is 10.9 Å². The fourth-order valence-corrected chi connectivity index (χ4v) is 3.12. The normalized spacial score (nSPS) is 10.9. The molecule has 28 heavy (non-hydrogen) atoms. The number of carbonyl (C=O) groups excluding carboxylic acids is 1. The largest absolute Gasteiger partial charge is 0.348 e. The Balaban J connectivity index is 1.54. The number of hydrogen-bond donors (Lipinski definition) is 1. The molecule has 0 saturated carbocycles. The highest BCUT2D eigenvalue weighted by Gasteiger charge is 2.11. The minimum absolute atomic E-state index is 0.145. The van der Waals surface area contributed by atoms with Crippen LogP contribution < -0.4 is 5.32 Å². The second-order valence-corrected chi connectivity index (χ2v) is 6.84. The molecule has 0 aliphatic heterocycles. The van der Waals surface area contributed by atoms with Crippen LogP contribution >= 0.6 is 0 Å². The maximum atomic E-state index is 13.7. The molecule has 4 aromatic rings. The number of rotatable bonds is 5. The average molecular weight is 373 g/mol. The minimum Gasteiger partial charge on any atom is -0.348 e. The lowest BCUT2D eigenvalue weighted by atomic mass is 10.1. The molecule has 1 amide bonds. The lowest BCUT2D eigenvalue weighted by Crippen LogP contribution is -2.23. The van der Waals surface area contributed by atoms with E-state index in [4.69, 9.17) is 0 Å². The summed E-state index contributed by atoms with van der Waals surface area (Å²) in [7, 11) is 0. The second kappa shape index (κ2) is 7.64. The van der Waals surface area contributed by atoms with Crippen LogP contribution in [-0.2, 0) is 13.1 Å². The number of nitrogens with zero attached hydrogens (tertiary/aromatic N) is 2. The molecule has 0 fully saturated rings. The highest BCUT2D eigenvalue weighted by Crippen LogP contribution is 2.18. The van der Waals surface area contributed by atoms with Gasteiger partial charge in [-0.2, -0.15) is 5.10 Å². The molecule has 0 aliphatic carbocycles. The molecular formula is C23H20FN3O. The van der Waals surface area contributed by atoms with E-state index in [1.54, 1.807) is 30.5 Å². The monoisotopic (exact) mass is 373 g/mol. The zero-order valence-corrected chi connectivity index (χ0v) is 15.5. The van der Waals surface area contributed by atoms with E-state index >= 15 is 0 Å². The summed E-state index contributed by atoms with van der Waals surface area (Å²) in [6.45, 7) is 2.83. The summed E-state index contributed by atoms with van der Waals surface area (Å²) in [5.74, 6) is -0.567. The minimum atomic E-state index is -0.325. The molecule has 0 saturated heterocycles. The van der Waals surface area contributed by atoms with E-state index in [1.807, 2.05) is 16.8 Å². The topological polar surface area (TPSA) is 46.9 Å². The van der Waals surface area contributed by atoms with E-state index in [2.05, 4.69) is 41.6 Å². The summed E-state index contributed by atoms with van der Waals surface area (Å²) in [6.07, 6.45) is 1.80. The highest BCUT2D eigenvalue weighted by molar-refractivity contribution is 5.97. The van der Waals surface area contributed by atoms with Crippen molar-refractivity contribution >= 4 is 16.8 Å². The van der Waals surface area contributed by atoms with Crippen molar-refractivity contribution in [1.82, 2.24) is 15.1 Å². The maximum absolute atomic E-state index is 13.7. The van der Waals surface area contributed by atoms with Crippen LogP contribution in [0.15, 0.2) is 72.9 Å². The van der Waals surface area contributed by atoms with Crippen LogP contribution in [0.2, 0.25) is 0 Å². The summed E-state index contributed by atoms with van der Waals surface area (Å²) in [5.41, 5.74) is 4.22. The molecule has 4 nitrogen and oxygen atoms in total. The first-order valence-electron chi connectivity index (χ1n) is 9.13. The fourth-order valence-electron chi connectivity index (χ4n) is 3.12. The van der Waals surface area contributed by atoms with Crippen LogP contribution in [0.4, 0.5) is 4.39 Å². The maximum Gasteiger partial charge on any atom is 0.251 e. The van der Waals surface area contributed by atoms with Crippen molar-refractivity contribution in [2.24, 2.45) is 0 Å². The number of carbonyl (C=O) groups is 1. The zero-order chi connectivity index (χ0) is 19.5. The van der Waals surface area contributed by atoms with E-state index < -0.39 is 0 Å². The number of nitrogens with one attached hydrogen (secondary N) is 1. The summed E-state index contributed by atoms with van der Waals surface area (Å²) in [5, 5.41) is 8.20. The molecule has 1 heterocycles. The van der Waals surface area contributed by atoms with E-state index in [-0.39, 0.29) is 18.3 Å². The molecule has 0 radical (unpaired) electrons. The van der Waals surface area contributed by atoms with E-state index in [9.17, 15) is 9.18 Å². The first-order chi connectivity index (χ1) is 13.6. The van der Waals surface area contributed by atoms with Crippen molar-refractivity contribution < 1.29 is 9.18 Å². The first-order valence-corrected chi connectivity index (χ1v) is 9.13. The summed E-state index contributed by atoms with van der Waals surface area (Å²) in [4.78, 5) is 12.5. The molecule has 140 valence electrons. The van der Waals surface area contributed by atoms with Gasteiger partial charge in [-0.3, -0.25) is 9.48 Å². The Hall–Kier alpha value is -3.47. The zero-order valence-electron chi connectivity index (χ0n) is 15.5. The van der Waals surface area contributed by atoms with Gasteiger partial charge in [0.15, 0.2) is 0 Å². The quantitative estimate of drug-likeness (QED) is 0.561. The Bertz CT molecular complexity index is 1130. The number of halogens is 1. The molecule has 5 heteroatoms. The smallest absolute Gasteiger partial charge is 0.251 e. The Morgan fingerprint density at radius 2 is 1.86 bits per heavy atom. The summed E-state index contributed by atoms with van der Waals surface area (Å²) < 4.78 is 15.6. The van der Waals surface area contributed by atoms with E-state index in [0.717, 1.165) is 16.5 Å². The van der Waals surface area contributed by atoms with Gasteiger partial charge in [-0.25, -0.2) is 4.39 Å². The molecule has 0 aliphatic rings. The third-order valence-corrected chi connectivity index (χ3v) is 4.76. The van der Waals surface area contributed by atoms with Crippen molar-refractivity contribution in [3.05, 3.63) is 101 Å².